The van der Waals surface area contributed by atoms with Gasteiger partial charge in [0.05, 0.1) is 0 Å². The number of alkyl halides is 3. The largest absolute Gasteiger partial charge is 0.478 e. The summed E-state index contributed by atoms with van der Waals surface area (Å²) < 4.78 is 38.1. The van der Waals surface area contributed by atoms with Crippen molar-refractivity contribution >= 4 is 27.7 Å². The third-order valence-corrected chi connectivity index (χ3v) is 3.37. The van der Waals surface area contributed by atoms with Gasteiger partial charge in [0.2, 0.25) is 0 Å². The molecule has 0 aliphatic carbocycles. The fourth-order valence-electron chi connectivity index (χ4n) is 1.96. The average Bonchev–Trinajstić information content (AvgIpc) is 2.37. The van der Waals surface area contributed by atoms with E-state index in [0.717, 1.165) is 6.08 Å². The summed E-state index contributed by atoms with van der Waals surface area (Å²) in [4.78, 5) is 16.7. The Kier molecular flexibility index (Phi) is 4.03. The van der Waals surface area contributed by atoms with Crippen LogP contribution in [0.5, 0.6) is 0 Å². The Morgan fingerprint density at radius 3 is 2.65 bits per heavy atom. The summed E-state index contributed by atoms with van der Waals surface area (Å²) in [5.41, 5.74) is -0.619. The van der Waals surface area contributed by atoms with Gasteiger partial charge in [0.15, 0.2) is 0 Å². The number of carboxylic acids is 1. The van der Waals surface area contributed by atoms with Gasteiger partial charge in [0.25, 0.3) is 0 Å². The molecule has 1 N–H and O–H groups in total. The Morgan fingerprint density at radius 2 is 2.15 bits per heavy atom. The summed E-state index contributed by atoms with van der Waals surface area (Å²) in [6, 6.07) is 1.38. The van der Waals surface area contributed by atoms with Crippen LogP contribution in [0.15, 0.2) is 28.4 Å². The number of hydrogen-bond donors (Lipinski definition) is 1. The van der Waals surface area contributed by atoms with Crippen LogP contribution in [-0.2, 0) is 0 Å². The number of pyridine rings is 1. The Labute approximate surface area is 121 Å². The fraction of sp³-hybridized carbons (Fsp3) is 0.333. The zero-order valence-electron chi connectivity index (χ0n) is 10.1. The number of anilines is 1. The van der Waals surface area contributed by atoms with Crippen molar-refractivity contribution in [3.05, 3.63) is 33.9 Å². The molecule has 2 heterocycles. The molecule has 0 saturated heterocycles. The minimum absolute atomic E-state index is 0.0102. The Balaban J connectivity index is 2.27. The number of rotatable bonds is 2. The molecular formula is C12H10BrF3N2O2. The minimum atomic E-state index is -4.32. The van der Waals surface area contributed by atoms with E-state index in [2.05, 4.69) is 20.9 Å². The summed E-state index contributed by atoms with van der Waals surface area (Å²) >= 11 is 3.12. The highest BCUT2D eigenvalue weighted by Gasteiger charge is 2.35. The second-order valence-electron chi connectivity index (χ2n) is 4.25. The van der Waals surface area contributed by atoms with Crippen molar-refractivity contribution in [3.63, 3.8) is 0 Å². The third kappa shape index (κ3) is 3.12. The van der Waals surface area contributed by atoms with Gasteiger partial charge in [-0.3, -0.25) is 0 Å². The van der Waals surface area contributed by atoms with Crippen molar-refractivity contribution in [1.29, 1.82) is 0 Å². The van der Waals surface area contributed by atoms with Gasteiger partial charge in [-0.25, -0.2) is 9.78 Å². The molecule has 0 aromatic carbocycles. The number of aromatic nitrogens is 1. The van der Waals surface area contributed by atoms with Crippen molar-refractivity contribution in [2.75, 3.05) is 18.0 Å². The van der Waals surface area contributed by atoms with Crippen LogP contribution in [-0.4, -0.2) is 35.3 Å². The summed E-state index contributed by atoms with van der Waals surface area (Å²) in [6.07, 6.45) is -2.02. The van der Waals surface area contributed by atoms with Crippen molar-refractivity contribution in [2.24, 2.45) is 0 Å². The second kappa shape index (κ2) is 5.43. The molecule has 0 spiro atoms. The quantitative estimate of drug-likeness (QED) is 0.832. The highest BCUT2D eigenvalue weighted by molar-refractivity contribution is 9.10. The highest BCUT2D eigenvalue weighted by atomic mass is 79.9. The van der Waals surface area contributed by atoms with E-state index in [-0.39, 0.29) is 30.9 Å². The monoisotopic (exact) mass is 350 g/mol. The second-order valence-corrected chi connectivity index (χ2v) is 5.17. The van der Waals surface area contributed by atoms with E-state index < -0.39 is 17.7 Å². The van der Waals surface area contributed by atoms with E-state index in [1.807, 2.05) is 0 Å². The molecule has 0 fully saturated rings. The maximum absolute atomic E-state index is 12.5. The summed E-state index contributed by atoms with van der Waals surface area (Å²) in [6.45, 7) is 0.0734. The first-order chi connectivity index (χ1) is 9.29. The molecule has 1 aromatic heterocycles. The van der Waals surface area contributed by atoms with Gasteiger partial charge in [-0.2, -0.15) is 13.2 Å². The van der Waals surface area contributed by atoms with Gasteiger partial charge in [-0.15, -0.1) is 0 Å². The third-order valence-electron chi connectivity index (χ3n) is 2.94. The molecule has 0 atom stereocenters. The lowest BCUT2D eigenvalue weighted by atomic mass is 10.1. The smallest absolute Gasteiger partial charge is 0.412 e. The topological polar surface area (TPSA) is 53.4 Å². The molecule has 0 amide bonds. The number of halogens is 4. The van der Waals surface area contributed by atoms with Crippen LogP contribution >= 0.6 is 15.9 Å². The number of carboxylic acid groups (broad SMARTS) is 1. The van der Waals surface area contributed by atoms with Crippen molar-refractivity contribution < 1.29 is 23.1 Å². The molecule has 1 aromatic rings. The maximum atomic E-state index is 12.5. The van der Waals surface area contributed by atoms with Crippen LogP contribution in [0.3, 0.4) is 0 Å². The number of hydrogen-bond acceptors (Lipinski definition) is 3. The van der Waals surface area contributed by atoms with Crippen LogP contribution in [0.1, 0.15) is 16.8 Å². The SMILES string of the molecule is O=C(O)c1cc(Br)cnc1N1CC=C(C(F)(F)F)CC1. The lowest BCUT2D eigenvalue weighted by Gasteiger charge is -2.29. The van der Waals surface area contributed by atoms with Crippen molar-refractivity contribution in [1.82, 2.24) is 4.98 Å². The minimum Gasteiger partial charge on any atom is -0.478 e. The first kappa shape index (κ1) is 14.8. The summed E-state index contributed by atoms with van der Waals surface area (Å²) in [7, 11) is 0. The molecule has 20 heavy (non-hydrogen) atoms. The van der Waals surface area contributed by atoms with E-state index in [9.17, 15) is 18.0 Å². The molecule has 108 valence electrons. The zero-order valence-corrected chi connectivity index (χ0v) is 11.7. The summed E-state index contributed by atoms with van der Waals surface area (Å²) in [5, 5.41) is 9.12. The first-order valence-electron chi connectivity index (χ1n) is 5.69. The lowest BCUT2D eigenvalue weighted by molar-refractivity contribution is -0.0944. The van der Waals surface area contributed by atoms with Crippen molar-refractivity contribution in [3.8, 4) is 0 Å². The zero-order chi connectivity index (χ0) is 14.9. The number of carbonyl (C=O) groups is 1. The van der Waals surface area contributed by atoms with E-state index in [0.29, 0.717) is 4.47 Å². The molecule has 1 aliphatic heterocycles. The van der Waals surface area contributed by atoms with Gasteiger partial charge < -0.3 is 10.0 Å². The van der Waals surface area contributed by atoms with E-state index >= 15 is 0 Å². The maximum Gasteiger partial charge on any atom is 0.412 e. The van der Waals surface area contributed by atoms with Crippen LogP contribution in [0.4, 0.5) is 19.0 Å². The van der Waals surface area contributed by atoms with E-state index in [1.54, 1.807) is 0 Å². The van der Waals surface area contributed by atoms with Crippen LogP contribution in [0.2, 0.25) is 0 Å². The summed E-state index contributed by atoms with van der Waals surface area (Å²) in [5.74, 6) is -0.988. The molecule has 8 heteroatoms. The predicted octanol–water partition coefficient (Wildman–Crippen LogP) is 3.24. The van der Waals surface area contributed by atoms with Crippen molar-refractivity contribution in [2.45, 2.75) is 12.6 Å². The normalized spacial score (nSPS) is 16.0. The molecule has 4 nitrogen and oxygen atoms in total. The highest BCUT2D eigenvalue weighted by Crippen LogP contribution is 2.32. The standard InChI is InChI=1S/C12H10BrF3N2O2/c13-8-5-9(11(19)20)10(17-6-8)18-3-1-7(2-4-18)12(14,15)16/h1,5-6H,2-4H2,(H,19,20). The van der Waals surface area contributed by atoms with Gasteiger partial charge in [0, 0.05) is 29.3 Å². The molecule has 1 aliphatic rings. The Hall–Kier alpha value is -1.57. The Bertz CT molecular complexity index is 572. The molecule has 2 rings (SSSR count). The van der Waals surface area contributed by atoms with Crippen LogP contribution in [0.25, 0.3) is 0 Å². The van der Waals surface area contributed by atoms with Gasteiger partial charge in [-0.05, 0) is 28.4 Å². The van der Waals surface area contributed by atoms with Crippen LogP contribution < -0.4 is 4.90 Å². The molecular weight excluding hydrogens is 341 g/mol. The lowest BCUT2D eigenvalue weighted by Crippen LogP contribution is -2.33. The van der Waals surface area contributed by atoms with Gasteiger partial charge in [0.1, 0.15) is 11.4 Å². The van der Waals surface area contributed by atoms with Crippen LogP contribution in [0, 0.1) is 0 Å². The number of nitrogens with zero attached hydrogens (tertiary/aromatic N) is 2. The molecule has 0 radical (unpaired) electrons. The Morgan fingerprint density at radius 1 is 1.45 bits per heavy atom. The first-order valence-corrected chi connectivity index (χ1v) is 6.48. The molecule has 0 bridgehead atoms. The van der Waals surface area contributed by atoms with E-state index in [1.165, 1.54) is 17.2 Å². The van der Waals surface area contributed by atoms with Gasteiger partial charge in [-0.1, -0.05) is 6.08 Å². The molecule has 0 unspecified atom stereocenters. The van der Waals surface area contributed by atoms with E-state index in [4.69, 9.17) is 5.11 Å². The predicted molar refractivity (Wildman–Crippen MR) is 69.9 cm³/mol. The van der Waals surface area contributed by atoms with Gasteiger partial charge >= 0.3 is 12.1 Å². The number of aromatic carboxylic acids is 1. The fourth-order valence-corrected chi connectivity index (χ4v) is 2.29. The average molecular weight is 351 g/mol. The molecule has 0 saturated carbocycles.